The van der Waals surface area contributed by atoms with Gasteiger partial charge in [0.2, 0.25) is 11.8 Å². The van der Waals surface area contributed by atoms with Gasteiger partial charge in [-0.2, -0.15) is 13.2 Å². The average molecular weight is 331 g/mol. The molecule has 2 amide bonds. The van der Waals surface area contributed by atoms with Crippen LogP contribution in [0.3, 0.4) is 0 Å². The van der Waals surface area contributed by atoms with Crippen molar-refractivity contribution in [2.75, 3.05) is 6.54 Å². The van der Waals surface area contributed by atoms with Crippen molar-refractivity contribution in [3.63, 3.8) is 0 Å². The van der Waals surface area contributed by atoms with Crippen LogP contribution in [0.4, 0.5) is 13.2 Å². The Bertz CT molecular complexity index is 655. The Labute approximate surface area is 129 Å². The van der Waals surface area contributed by atoms with E-state index in [1.807, 2.05) is 0 Å². The summed E-state index contributed by atoms with van der Waals surface area (Å²) in [6.07, 6.45) is -1.69. The fraction of sp³-hybridized carbons (Fsp3) is 0.500. The van der Waals surface area contributed by atoms with E-state index < -0.39 is 35.8 Å². The first-order valence-electron chi connectivity index (χ1n) is 7.13. The summed E-state index contributed by atoms with van der Waals surface area (Å²) in [5.74, 6) is -1.01. The summed E-state index contributed by atoms with van der Waals surface area (Å²) >= 11 is 0. The van der Waals surface area contributed by atoms with Crippen molar-refractivity contribution in [1.29, 1.82) is 0 Å². The summed E-state index contributed by atoms with van der Waals surface area (Å²) in [4.78, 5) is 35.4. The lowest BCUT2D eigenvalue weighted by Gasteiger charge is -2.16. The molecule has 1 aliphatic heterocycles. The molecule has 1 aromatic rings. The Hall–Kier alpha value is -2.32. The molecule has 126 valence electrons. The summed E-state index contributed by atoms with van der Waals surface area (Å²) in [5, 5.41) is 5.08. The first kappa shape index (κ1) is 17.0. The number of hydrogen-bond donors (Lipinski definition) is 2. The van der Waals surface area contributed by atoms with Gasteiger partial charge in [-0.15, -0.1) is 0 Å². The maximum atomic E-state index is 12.7. The molecule has 1 fully saturated rings. The maximum absolute atomic E-state index is 12.7. The minimum Gasteiger partial charge on any atom is -0.354 e. The third kappa shape index (κ3) is 4.33. The molecule has 1 aliphatic rings. The minimum absolute atomic E-state index is 0.327. The number of pyridine rings is 1. The quantitative estimate of drug-likeness (QED) is 0.853. The summed E-state index contributed by atoms with van der Waals surface area (Å²) in [5.41, 5.74) is -2.62. The van der Waals surface area contributed by atoms with Gasteiger partial charge in [0.05, 0.1) is 0 Å². The predicted molar refractivity (Wildman–Crippen MR) is 74.5 cm³/mol. The van der Waals surface area contributed by atoms with Crippen molar-refractivity contribution in [3.8, 4) is 0 Å². The lowest BCUT2D eigenvalue weighted by molar-refractivity contribution is -0.139. The third-order valence-corrected chi connectivity index (χ3v) is 3.51. The zero-order valence-electron chi connectivity index (χ0n) is 12.2. The monoisotopic (exact) mass is 331 g/mol. The number of halogens is 3. The van der Waals surface area contributed by atoms with Crippen LogP contribution in [0.2, 0.25) is 0 Å². The molecule has 6 nitrogen and oxygen atoms in total. The Balaban J connectivity index is 2.09. The van der Waals surface area contributed by atoms with Gasteiger partial charge in [0, 0.05) is 12.7 Å². The number of alkyl halides is 3. The van der Waals surface area contributed by atoms with Crippen molar-refractivity contribution in [2.24, 2.45) is 0 Å². The molecule has 0 spiro atoms. The molecule has 0 bridgehead atoms. The molecule has 0 radical (unpaired) electrons. The van der Waals surface area contributed by atoms with Gasteiger partial charge in [0.15, 0.2) is 0 Å². The van der Waals surface area contributed by atoms with E-state index in [9.17, 15) is 27.6 Å². The van der Waals surface area contributed by atoms with Crippen molar-refractivity contribution >= 4 is 11.8 Å². The molecule has 2 rings (SSSR count). The number of nitrogens with one attached hydrogen (secondary N) is 2. The topological polar surface area (TPSA) is 80.2 Å². The van der Waals surface area contributed by atoms with Crippen LogP contribution in [0.5, 0.6) is 0 Å². The number of nitrogens with zero attached hydrogens (tertiary/aromatic N) is 1. The van der Waals surface area contributed by atoms with Crippen LogP contribution in [-0.4, -0.2) is 29.0 Å². The van der Waals surface area contributed by atoms with Gasteiger partial charge in [-0.3, -0.25) is 14.4 Å². The summed E-state index contributed by atoms with van der Waals surface area (Å²) in [6.45, 7) is -0.0508. The molecular formula is C14H16F3N3O3. The highest BCUT2D eigenvalue weighted by Crippen LogP contribution is 2.25. The van der Waals surface area contributed by atoms with Crippen LogP contribution >= 0.6 is 0 Å². The second-order valence-electron chi connectivity index (χ2n) is 5.26. The van der Waals surface area contributed by atoms with E-state index in [0.29, 0.717) is 23.6 Å². The lowest BCUT2D eigenvalue weighted by Crippen LogP contribution is -2.47. The van der Waals surface area contributed by atoms with Crippen LogP contribution in [-0.2, 0) is 22.3 Å². The van der Waals surface area contributed by atoms with E-state index in [4.69, 9.17) is 0 Å². The summed E-state index contributed by atoms with van der Waals surface area (Å²) in [6, 6.07) is 0.984. The van der Waals surface area contributed by atoms with E-state index in [0.717, 1.165) is 25.1 Å². The van der Waals surface area contributed by atoms with E-state index >= 15 is 0 Å². The molecule has 0 aromatic carbocycles. The Morgan fingerprint density at radius 2 is 2.09 bits per heavy atom. The first-order valence-corrected chi connectivity index (χ1v) is 7.13. The maximum Gasteiger partial charge on any atom is 0.421 e. The smallest absolute Gasteiger partial charge is 0.354 e. The summed E-state index contributed by atoms with van der Waals surface area (Å²) < 4.78 is 38.7. The van der Waals surface area contributed by atoms with Gasteiger partial charge in [0.1, 0.15) is 18.2 Å². The first-order chi connectivity index (χ1) is 10.8. The number of carbonyl (C=O) groups excluding carboxylic acids is 2. The van der Waals surface area contributed by atoms with Crippen molar-refractivity contribution < 1.29 is 22.8 Å². The molecule has 0 aliphatic carbocycles. The number of carbonyl (C=O) groups is 2. The normalized spacial score (nSPS) is 18.9. The summed E-state index contributed by atoms with van der Waals surface area (Å²) in [7, 11) is 0. The molecule has 1 saturated heterocycles. The van der Waals surface area contributed by atoms with E-state index in [1.54, 1.807) is 0 Å². The molecule has 23 heavy (non-hydrogen) atoms. The molecular weight excluding hydrogens is 315 g/mol. The van der Waals surface area contributed by atoms with Gasteiger partial charge in [-0.05, 0) is 31.4 Å². The minimum atomic E-state index is -4.78. The van der Waals surface area contributed by atoms with Crippen molar-refractivity contribution in [2.45, 2.75) is 38.0 Å². The van der Waals surface area contributed by atoms with Gasteiger partial charge in [-0.1, -0.05) is 0 Å². The largest absolute Gasteiger partial charge is 0.421 e. The zero-order chi connectivity index (χ0) is 17.0. The van der Waals surface area contributed by atoms with Gasteiger partial charge < -0.3 is 15.2 Å². The lowest BCUT2D eigenvalue weighted by atomic mass is 10.1. The number of amides is 2. The van der Waals surface area contributed by atoms with Crippen LogP contribution in [0.25, 0.3) is 0 Å². The number of aromatic nitrogens is 1. The Morgan fingerprint density at radius 3 is 2.78 bits per heavy atom. The highest BCUT2D eigenvalue weighted by molar-refractivity contribution is 5.87. The molecule has 2 heterocycles. The van der Waals surface area contributed by atoms with Gasteiger partial charge in [-0.25, -0.2) is 0 Å². The van der Waals surface area contributed by atoms with E-state index in [-0.39, 0.29) is 5.91 Å². The van der Waals surface area contributed by atoms with Gasteiger partial charge >= 0.3 is 6.18 Å². The Morgan fingerprint density at radius 1 is 1.35 bits per heavy atom. The molecule has 9 heteroatoms. The fourth-order valence-corrected chi connectivity index (χ4v) is 2.35. The SMILES string of the molecule is O=C(Cn1cccc(C(F)(F)F)c1=O)NC1CCCCNC1=O. The fourth-order valence-electron chi connectivity index (χ4n) is 2.35. The highest BCUT2D eigenvalue weighted by Gasteiger charge is 2.34. The standard InChI is InChI=1S/C14H16F3N3O3/c15-14(16,17)9-4-3-7-20(13(9)23)8-11(21)19-10-5-1-2-6-18-12(10)22/h3-4,7,10H,1-2,5-6,8H2,(H,18,22)(H,19,21). The molecule has 0 saturated carbocycles. The van der Waals surface area contributed by atoms with Crippen LogP contribution in [0.1, 0.15) is 24.8 Å². The second-order valence-corrected chi connectivity index (χ2v) is 5.26. The predicted octanol–water partition coefficient (Wildman–Crippen LogP) is 0.652. The molecule has 1 aromatic heterocycles. The van der Waals surface area contributed by atoms with Crippen molar-refractivity contribution in [1.82, 2.24) is 15.2 Å². The molecule has 1 atom stereocenters. The molecule has 1 unspecified atom stereocenters. The van der Waals surface area contributed by atoms with Crippen LogP contribution < -0.4 is 16.2 Å². The van der Waals surface area contributed by atoms with Crippen molar-refractivity contribution in [3.05, 3.63) is 34.2 Å². The second kappa shape index (κ2) is 6.84. The number of hydrogen-bond acceptors (Lipinski definition) is 3. The van der Waals surface area contributed by atoms with Crippen LogP contribution in [0.15, 0.2) is 23.1 Å². The third-order valence-electron chi connectivity index (χ3n) is 3.51. The Kier molecular flexibility index (Phi) is 5.07. The highest BCUT2D eigenvalue weighted by atomic mass is 19.4. The van der Waals surface area contributed by atoms with E-state index in [1.165, 1.54) is 0 Å². The van der Waals surface area contributed by atoms with Gasteiger partial charge in [0.25, 0.3) is 5.56 Å². The van der Waals surface area contributed by atoms with E-state index in [2.05, 4.69) is 10.6 Å². The molecule has 2 N–H and O–H groups in total. The zero-order valence-corrected chi connectivity index (χ0v) is 12.2. The average Bonchev–Trinajstić information content (AvgIpc) is 2.65. The number of rotatable bonds is 3. The van der Waals surface area contributed by atoms with Crippen LogP contribution in [0, 0.1) is 0 Å².